The normalized spacial score (nSPS) is 19.9. The number of benzene rings is 2. The van der Waals surface area contributed by atoms with Gasteiger partial charge in [-0.05, 0) is 50.2 Å². The van der Waals surface area contributed by atoms with E-state index < -0.39 is 0 Å². The summed E-state index contributed by atoms with van der Waals surface area (Å²) in [6.07, 6.45) is 2.11. The van der Waals surface area contributed by atoms with Crippen molar-refractivity contribution in [2.75, 3.05) is 11.5 Å². The number of thiol groups is 1. The molecule has 0 radical (unpaired) electrons. The smallest absolute Gasteiger partial charge is 0.400 e. The first-order valence-corrected chi connectivity index (χ1v) is 8.82. The van der Waals surface area contributed by atoms with Crippen LogP contribution < -0.4 is 5.73 Å². The zero-order chi connectivity index (χ0) is 17.5. The van der Waals surface area contributed by atoms with Crippen molar-refractivity contribution in [3.8, 4) is 0 Å². The monoisotopic (exact) mass is 341 g/mol. The van der Waals surface area contributed by atoms with E-state index in [2.05, 4.69) is 52.5 Å². The lowest BCUT2D eigenvalue weighted by atomic mass is 9.78. The summed E-state index contributed by atoms with van der Waals surface area (Å²) in [7, 11) is -0.385. The molecule has 0 saturated carbocycles. The Balaban J connectivity index is 2.03. The summed E-state index contributed by atoms with van der Waals surface area (Å²) >= 11 is 4.50. The summed E-state index contributed by atoms with van der Waals surface area (Å²) in [6, 6.07) is 12.1. The van der Waals surface area contributed by atoms with Crippen LogP contribution in [-0.2, 0) is 9.31 Å². The van der Waals surface area contributed by atoms with Crippen LogP contribution in [0.25, 0.3) is 16.8 Å². The first kappa shape index (κ1) is 17.4. The Hall–Kier alpha value is -1.43. The lowest BCUT2D eigenvalue weighted by Gasteiger charge is -2.32. The number of hydrogen-bond donors (Lipinski definition) is 2. The van der Waals surface area contributed by atoms with E-state index in [1.807, 2.05) is 30.3 Å². The van der Waals surface area contributed by atoms with E-state index in [0.29, 0.717) is 5.75 Å². The lowest BCUT2D eigenvalue weighted by Crippen LogP contribution is -2.41. The first-order valence-electron chi connectivity index (χ1n) is 8.19. The van der Waals surface area contributed by atoms with Crippen LogP contribution in [0, 0.1) is 0 Å². The molecule has 126 valence electrons. The van der Waals surface area contributed by atoms with Gasteiger partial charge >= 0.3 is 7.12 Å². The maximum Gasteiger partial charge on any atom is 0.491 e. The summed E-state index contributed by atoms with van der Waals surface area (Å²) in [5.41, 5.74) is 8.27. The third kappa shape index (κ3) is 2.96. The number of nitrogens with two attached hydrogens (primary N) is 1. The van der Waals surface area contributed by atoms with Gasteiger partial charge in [-0.3, -0.25) is 0 Å². The second kappa shape index (κ2) is 6.14. The third-order valence-corrected chi connectivity index (χ3v) is 5.44. The third-order valence-electron chi connectivity index (χ3n) is 5.07. The molecule has 0 spiro atoms. The van der Waals surface area contributed by atoms with E-state index in [-0.39, 0.29) is 18.3 Å². The van der Waals surface area contributed by atoms with Crippen LogP contribution >= 0.6 is 12.6 Å². The summed E-state index contributed by atoms with van der Waals surface area (Å²) < 4.78 is 12.3. The molecule has 1 saturated heterocycles. The van der Waals surface area contributed by atoms with Crippen molar-refractivity contribution >= 4 is 42.3 Å². The van der Waals surface area contributed by atoms with Gasteiger partial charge in [-0.2, -0.15) is 12.6 Å². The van der Waals surface area contributed by atoms with Crippen LogP contribution in [0.2, 0.25) is 0 Å². The van der Waals surface area contributed by atoms with Crippen molar-refractivity contribution < 1.29 is 9.31 Å². The number of nitrogen functional groups attached to an aromatic ring is 1. The fourth-order valence-electron chi connectivity index (χ4n) is 2.85. The van der Waals surface area contributed by atoms with Gasteiger partial charge in [0.1, 0.15) is 0 Å². The van der Waals surface area contributed by atoms with Crippen molar-refractivity contribution in [3.63, 3.8) is 0 Å². The molecule has 0 unspecified atom stereocenters. The molecule has 0 atom stereocenters. The van der Waals surface area contributed by atoms with E-state index in [4.69, 9.17) is 15.0 Å². The van der Waals surface area contributed by atoms with Crippen LogP contribution in [0.4, 0.5) is 5.69 Å². The highest BCUT2D eigenvalue weighted by Crippen LogP contribution is 2.39. The quantitative estimate of drug-likeness (QED) is 0.495. The van der Waals surface area contributed by atoms with E-state index >= 15 is 0 Å². The fourth-order valence-corrected chi connectivity index (χ4v) is 3.09. The van der Waals surface area contributed by atoms with Crippen LogP contribution in [-0.4, -0.2) is 24.1 Å². The predicted octanol–water partition coefficient (Wildman–Crippen LogP) is 4.37. The van der Waals surface area contributed by atoms with E-state index in [1.54, 1.807) is 0 Å². The van der Waals surface area contributed by atoms with Crippen molar-refractivity contribution in [3.05, 3.63) is 47.4 Å². The van der Waals surface area contributed by atoms with Gasteiger partial charge in [-0.15, -0.1) is 0 Å². The molecule has 24 heavy (non-hydrogen) atoms. The number of fused-ring (bicyclic) bond motifs is 1. The lowest BCUT2D eigenvalue weighted by molar-refractivity contribution is 0.00578. The highest BCUT2D eigenvalue weighted by atomic mass is 32.1. The maximum atomic E-state index is 6.16. The van der Waals surface area contributed by atoms with Gasteiger partial charge in [0.2, 0.25) is 0 Å². The van der Waals surface area contributed by atoms with Gasteiger partial charge < -0.3 is 15.0 Å². The molecule has 3 rings (SSSR count). The molecule has 1 heterocycles. The molecule has 3 nitrogen and oxygen atoms in total. The van der Waals surface area contributed by atoms with Crippen molar-refractivity contribution in [1.82, 2.24) is 0 Å². The van der Waals surface area contributed by atoms with Gasteiger partial charge in [0.05, 0.1) is 11.2 Å². The number of hydrogen-bond acceptors (Lipinski definition) is 4. The number of rotatable bonds is 3. The topological polar surface area (TPSA) is 44.5 Å². The summed E-state index contributed by atoms with van der Waals surface area (Å²) in [4.78, 5) is 0. The number of anilines is 1. The fraction of sp³-hybridized carbons (Fsp3) is 0.368. The van der Waals surface area contributed by atoms with Gasteiger partial charge in [-0.25, -0.2) is 0 Å². The molecular weight excluding hydrogens is 317 g/mol. The molecule has 2 N–H and O–H groups in total. The van der Waals surface area contributed by atoms with Crippen molar-refractivity contribution in [2.24, 2.45) is 0 Å². The Labute approximate surface area is 149 Å². The van der Waals surface area contributed by atoms with Gasteiger partial charge in [-0.1, -0.05) is 36.4 Å². The molecule has 0 aromatic heterocycles. The SMILES string of the molecule is CC1(C)OB(C(=Cc2ccc(N)c3ccccc23)CS)OC1(C)C. The second-order valence-electron chi connectivity index (χ2n) is 7.26. The van der Waals surface area contributed by atoms with Crippen molar-refractivity contribution in [1.29, 1.82) is 0 Å². The molecule has 0 aliphatic carbocycles. The molecule has 1 fully saturated rings. The Morgan fingerprint density at radius 3 is 2.21 bits per heavy atom. The molecule has 1 aliphatic rings. The molecule has 1 aliphatic heterocycles. The van der Waals surface area contributed by atoms with Crippen molar-refractivity contribution in [2.45, 2.75) is 38.9 Å². The zero-order valence-electron chi connectivity index (χ0n) is 14.7. The molecule has 0 amide bonds. The van der Waals surface area contributed by atoms with Gasteiger partial charge in [0.25, 0.3) is 0 Å². The standard InChI is InChI=1S/C19H24BNO2S/c1-18(2)19(3,4)23-20(22-18)14(12-24)11-13-9-10-17(21)16-8-6-5-7-15(13)16/h5-11,24H,12,21H2,1-4H3. The molecule has 0 bridgehead atoms. The largest absolute Gasteiger partial charge is 0.491 e. The molecular formula is C19H24BNO2S. The Morgan fingerprint density at radius 1 is 1.04 bits per heavy atom. The average molecular weight is 341 g/mol. The molecule has 2 aromatic rings. The molecule has 5 heteroatoms. The highest BCUT2D eigenvalue weighted by Gasteiger charge is 2.52. The van der Waals surface area contributed by atoms with Crippen LogP contribution in [0.15, 0.2) is 41.9 Å². The Bertz CT molecular complexity index is 785. The minimum Gasteiger partial charge on any atom is -0.400 e. The van der Waals surface area contributed by atoms with E-state index in [0.717, 1.165) is 27.5 Å². The van der Waals surface area contributed by atoms with Gasteiger partial charge in [0.15, 0.2) is 0 Å². The summed E-state index contributed by atoms with van der Waals surface area (Å²) in [5, 5.41) is 2.17. The Morgan fingerprint density at radius 2 is 1.62 bits per heavy atom. The predicted molar refractivity (Wildman–Crippen MR) is 106 cm³/mol. The highest BCUT2D eigenvalue weighted by molar-refractivity contribution is 7.80. The maximum absolute atomic E-state index is 6.16. The Kier molecular flexibility index (Phi) is 4.45. The van der Waals surface area contributed by atoms with E-state index in [9.17, 15) is 0 Å². The first-order chi connectivity index (χ1) is 11.2. The summed E-state index contributed by atoms with van der Waals surface area (Å²) in [5.74, 6) is 0.565. The van der Waals surface area contributed by atoms with Crippen LogP contribution in [0.3, 0.4) is 0 Å². The average Bonchev–Trinajstić information content (AvgIpc) is 2.75. The molecule has 2 aromatic carbocycles. The minimum absolute atomic E-state index is 0.358. The second-order valence-corrected chi connectivity index (χ2v) is 7.57. The van der Waals surface area contributed by atoms with Crippen LogP contribution in [0.5, 0.6) is 0 Å². The van der Waals surface area contributed by atoms with Crippen LogP contribution in [0.1, 0.15) is 33.3 Å². The summed E-state index contributed by atoms with van der Waals surface area (Å²) in [6.45, 7) is 8.23. The minimum atomic E-state index is -0.385. The van der Waals surface area contributed by atoms with E-state index in [1.165, 1.54) is 0 Å². The van der Waals surface area contributed by atoms with Gasteiger partial charge in [0, 0.05) is 16.8 Å². The zero-order valence-corrected chi connectivity index (χ0v) is 15.6.